The summed E-state index contributed by atoms with van der Waals surface area (Å²) in [5.41, 5.74) is 0.537. The van der Waals surface area contributed by atoms with Gasteiger partial charge in [-0.15, -0.1) is 0 Å². The third kappa shape index (κ3) is 2.91. The molecule has 0 saturated carbocycles. The number of nitrogens with one attached hydrogen (secondary N) is 1. The molecule has 0 radical (unpaired) electrons. The Balaban J connectivity index is 1.94. The number of hydrogen-bond acceptors (Lipinski definition) is 2. The van der Waals surface area contributed by atoms with Crippen LogP contribution in [-0.4, -0.2) is 25.2 Å². The van der Waals surface area contributed by atoms with Crippen molar-refractivity contribution in [3.8, 4) is 0 Å². The minimum atomic E-state index is -0.500. The minimum Gasteiger partial charge on any atom is -0.376 e. The van der Waals surface area contributed by atoms with E-state index < -0.39 is 5.41 Å². The molecule has 0 bridgehead atoms. The number of carbonyl (C=O) groups excluding carboxylic acids is 1. The second-order valence-electron chi connectivity index (χ2n) is 5.34. The summed E-state index contributed by atoms with van der Waals surface area (Å²) in [5, 5.41) is 3.00. The van der Waals surface area contributed by atoms with Gasteiger partial charge in [0.25, 0.3) is 0 Å². The molecule has 1 aliphatic heterocycles. The Bertz CT molecular complexity index is 394. The van der Waals surface area contributed by atoms with Gasteiger partial charge >= 0.3 is 0 Å². The van der Waals surface area contributed by atoms with Crippen molar-refractivity contribution in [2.24, 2.45) is 0 Å². The van der Waals surface area contributed by atoms with Gasteiger partial charge in [0.2, 0.25) is 5.91 Å². The normalized spacial score (nSPS) is 19.8. The van der Waals surface area contributed by atoms with Gasteiger partial charge in [-0.3, -0.25) is 4.79 Å². The van der Waals surface area contributed by atoms with Crippen molar-refractivity contribution >= 4 is 5.91 Å². The van der Waals surface area contributed by atoms with E-state index >= 15 is 0 Å². The first-order valence-corrected chi connectivity index (χ1v) is 6.56. The third-order valence-electron chi connectivity index (χ3n) is 3.58. The summed E-state index contributed by atoms with van der Waals surface area (Å²) >= 11 is 0. The third-order valence-corrected chi connectivity index (χ3v) is 3.58. The number of ether oxygens (including phenoxy) is 1. The Labute approximate surface area is 109 Å². The van der Waals surface area contributed by atoms with Crippen molar-refractivity contribution in [1.82, 2.24) is 5.32 Å². The molecule has 1 aromatic carbocycles. The molecule has 98 valence electrons. The van der Waals surface area contributed by atoms with Crippen LogP contribution >= 0.6 is 0 Å². The fraction of sp³-hybridized carbons (Fsp3) is 0.533. The smallest absolute Gasteiger partial charge is 0.230 e. The Morgan fingerprint density at radius 1 is 1.39 bits per heavy atom. The first-order valence-electron chi connectivity index (χ1n) is 6.56. The van der Waals surface area contributed by atoms with E-state index in [1.165, 1.54) is 0 Å². The Hall–Kier alpha value is -1.35. The maximum Gasteiger partial charge on any atom is 0.230 e. The molecular weight excluding hydrogens is 226 g/mol. The molecular formula is C15H21NO2. The molecule has 0 unspecified atom stereocenters. The van der Waals surface area contributed by atoms with Gasteiger partial charge < -0.3 is 10.1 Å². The molecule has 1 aliphatic rings. The lowest BCUT2D eigenvalue weighted by Crippen LogP contribution is -2.43. The summed E-state index contributed by atoms with van der Waals surface area (Å²) in [6.45, 7) is 5.35. The van der Waals surface area contributed by atoms with Gasteiger partial charge in [-0.1, -0.05) is 30.3 Å². The van der Waals surface area contributed by atoms with Crippen LogP contribution in [0, 0.1) is 0 Å². The minimum absolute atomic E-state index is 0.0594. The fourth-order valence-corrected chi connectivity index (χ4v) is 2.22. The zero-order valence-corrected chi connectivity index (χ0v) is 11.1. The average molecular weight is 247 g/mol. The van der Waals surface area contributed by atoms with E-state index in [1.807, 2.05) is 44.2 Å². The van der Waals surface area contributed by atoms with Crippen molar-refractivity contribution in [2.45, 2.75) is 38.2 Å². The van der Waals surface area contributed by atoms with Gasteiger partial charge in [0.05, 0.1) is 11.5 Å². The molecule has 1 fully saturated rings. The highest BCUT2D eigenvalue weighted by Crippen LogP contribution is 2.23. The van der Waals surface area contributed by atoms with Crippen molar-refractivity contribution in [3.63, 3.8) is 0 Å². The quantitative estimate of drug-likeness (QED) is 0.886. The van der Waals surface area contributed by atoms with E-state index in [4.69, 9.17) is 4.74 Å². The van der Waals surface area contributed by atoms with Gasteiger partial charge in [0.1, 0.15) is 0 Å². The predicted molar refractivity (Wildman–Crippen MR) is 71.5 cm³/mol. The SMILES string of the molecule is CC(C)(C(=O)NC[C@H]1CCCO1)c1ccccc1. The summed E-state index contributed by atoms with van der Waals surface area (Å²) in [6.07, 6.45) is 2.34. The molecule has 2 rings (SSSR count). The maximum absolute atomic E-state index is 12.3. The molecule has 1 saturated heterocycles. The Kier molecular flexibility index (Phi) is 4.02. The van der Waals surface area contributed by atoms with Gasteiger partial charge in [-0.2, -0.15) is 0 Å². The number of benzene rings is 1. The Morgan fingerprint density at radius 2 is 2.11 bits per heavy atom. The first-order chi connectivity index (χ1) is 8.60. The molecule has 1 heterocycles. The lowest BCUT2D eigenvalue weighted by Gasteiger charge is -2.25. The highest BCUT2D eigenvalue weighted by atomic mass is 16.5. The largest absolute Gasteiger partial charge is 0.376 e. The molecule has 18 heavy (non-hydrogen) atoms. The standard InChI is InChI=1S/C15H21NO2/c1-15(2,12-7-4-3-5-8-12)14(17)16-11-13-9-6-10-18-13/h3-5,7-8,13H,6,9-11H2,1-2H3,(H,16,17)/t13-/m1/s1. The van der Waals surface area contributed by atoms with Crippen LogP contribution in [0.3, 0.4) is 0 Å². The second kappa shape index (κ2) is 5.53. The van der Waals surface area contributed by atoms with Gasteiger partial charge in [0.15, 0.2) is 0 Å². The molecule has 3 nitrogen and oxygen atoms in total. The van der Waals surface area contributed by atoms with E-state index in [0.29, 0.717) is 6.54 Å². The van der Waals surface area contributed by atoms with Gasteiger partial charge in [0, 0.05) is 13.2 Å². The summed E-state index contributed by atoms with van der Waals surface area (Å²) in [7, 11) is 0. The molecule has 1 amide bonds. The average Bonchev–Trinajstić information content (AvgIpc) is 2.90. The van der Waals surface area contributed by atoms with E-state index in [1.54, 1.807) is 0 Å². The number of carbonyl (C=O) groups is 1. The van der Waals surface area contributed by atoms with Crippen molar-refractivity contribution in [2.75, 3.05) is 13.2 Å². The van der Waals surface area contributed by atoms with E-state index in [0.717, 1.165) is 25.0 Å². The first kappa shape index (κ1) is 13.1. The molecule has 0 aliphatic carbocycles. The molecule has 1 N–H and O–H groups in total. The predicted octanol–water partition coefficient (Wildman–Crippen LogP) is 2.26. The number of rotatable bonds is 4. The Morgan fingerprint density at radius 3 is 2.72 bits per heavy atom. The topological polar surface area (TPSA) is 38.3 Å². The van der Waals surface area contributed by atoms with Crippen LogP contribution < -0.4 is 5.32 Å². The molecule has 3 heteroatoms. The van der Waals surface area contributed by atoms with E-state index in [-0.39, 0.29) is 12.0 Å². The zero-order valence-electron chi connectivity index (χ0n) is 11.1. The van der Waals surface area contributed by atoms with Crippen LogP contribution in [0.15, 0.2) is 30.3 Å². The zero-order chi connectivity index (χ0) is 13.0. The molecule has 0 spiro atoms. The van der Waals surface area contributed by atoms with Crippen molar-refractivity contribution in [3.05, 3.63) is 35.9 Å². The van der Waals surface area contributed by atoms with Gasteiger partial charge in [-0.25, -0.2) is 0 Å². The fourth-order valence-electron chi connectivity index (χ4n) is 2.22. The van der Waals surface area contributed by atoms with Crippen molar-refractivity contribution in [1.29, 1.82) is 0 Å². The van der Waals surface area contributed by atoms with Crippen LogP contribution in [0.1, 0.15) is 32.3 Å². The van der Waals surface area contributed by atoms with Crippen molar-refractivity contribution < 1.29 is 9.53 Å². The summed E-state index contributed by atoms with van der Waals surface area (Å²) < 4.78 is 5.51. The summed E-state index contributed by atoms with van der Waals surface area (Å²) in [6, 6.07) is 9.87. The van der Waals surface area contributed by atoms with Gasteiger partial charge in [-0.05, 0) is 32.3 Å². The molecule has 0 aromatic heterocycles. The van der Waals surface area contributed by atoms with Crippen LogP contribution in [-0.2, 0) is 14.9 Å². The van der Waals surface area contributed by atoms with Crippen LogP contribution in [0.2, 0.25) is 0 Å². The van der Waals surface area contributed by atoms with Crippen LogP contribution in [0.4, 0.5) is 0 Å². The summed E-state index contributed by atoms with van der Waals surface area (Å²) in [5.74, 6) is 0.0594. The molecule has 1 atom stereocenters. The lowest BCUT2D eigenvalue weighted by molar-refractivity contribution is -0.126. The second-order valence-corrected chi connectivity index (χ2v) is 5.34. The van der Waals surface area contributed by atoms with E-state index in [2.05, 4.69) is 5.32 Å². The monoisotopic (exact) mass is 247 g/mol. The number of amides is 1. The summed E-state index contributed by atoms with van der Waals surface area (Å²) in [4.78, 5) is 12.3. The van der Waals surface area contributed by atoms with Crippen LogP contribution in [0.25, 0.3) is 0 Å². The molecule has 1 aromatic rings. The highest BCUT2D eigenvalue weighted by molar-refractivity contribution is 5.87. The lowest BCUT2D eigenvalue weighted by atomic mass is 9.84. The maximum atomic E-state index is 12.3. The van der Waals surface area contributed by atoms with E-state index in [9.17, 15) is 4.79 Å². The highest BCUT2D eigenvalue weighted by Gasteiger charge is 2.30. The van der Waals surface area contributed by atoms with Crippen LogP contribution in [0.5, 0.6) is 0 Å². The number of hydrogen-bond donors (Lipinski definition) is 1.